The predicted octanol–water partition coefficient (Wildman–Crippen LogP) is 4.56. The van der Waals surface area contributed by atoms with Gasteiger partial charge < -0.3 is 14.9 Å². The molecule has 0 spiro atoms. The van der Waals surface area contributed by atoms with Gasteiger partial charge in [0.25, 0.3) is 0 Å². The molecule has 0 aliphatic rings. The van der Waals surface area contributed by atoms with Crippen molar-refractivity contribution in [3.63, 3.8) is 0 Å². The van der Waals surface area contributed by atoms with E-state index in [1.165, 1.54) is 0 Å². The van der Waals surface area contributed by atoms with E-state index in [1.54, 1.807) is 30.3 Å². The van der Waals surface area contributed by atoms with Crippen LogP contribution in [-0.2, 0) is 6.54 Å². The summed E-state index contributed by atoms with van der Waals surface area (Å²) in [4.78, 5) is 9.16. The summed E-state index contributed by atoms with van der Waals surface area (Å²) in [6.07, 6.45) is 0. The number of nitrogens with zero attached hydrogens (tertiary/aromatic N) is 3. The lowest BCUT2D eigenvalue weighted by Crippen LogP contribution is -2.04. The Labute approximate surface area is 154 Å². The number of fused-ring (bicyclic) bond motifs is 1. The van der Waals surface area contributed by atoms with Crippen molar-refractivity contribution in [2.45, 2.75) is 13.5 Å². The summed E-state index contributed by atoms with van der Waals surface area (Å²) in [5, 5.41) is 18.8. The van der Waals surface area contributed by atoms with Gasteiger partial charge in [-0.1, -0.05) is 28.9 Å². The third-order valence-corrected chi connectivity index (χ3v) is 4.15. The van der Waals surface area contributed by atoms with E-state index < -0.39 is 0 Å². The number of phenols is 1. The summed E-state index contributed by atoms with van der Waals surface area (Å²) in [6.45, 7) is 2.29. The molecule has 2 N–H and O–H groups in total. The highest BCUT2D eigenvalue weighted by molar-refractivity contribution is 6.31. The summed E-state index contributed by atoms with van der Waals surface area (Å²) in [7, 11) is 0. The number of benzene rings is 2. The Kier molecular flexibility index (Phi) is 4.18. The van der Waals surface area contributed by atoms with Crippen LogP contribution < -0.4 is 5.32 Å². The number of aryl methyl sites for hydroxylation is 1. The number of rotatable bonds is 4. The molecule has 0 aliphatic heterocycles. The van der Waals surface area contributed by atoms with E-state index in [9.17, 15) is 5.11 Å². The largest absolute Gasteiger partial charge is 0.507 e. The molecule has 26 heavy (non-hydrogen) atoms. The molecular weight excluding hydrogens is 352 g/mol. The number of para-hydroxylation sites is 1. The lowest BCUT2D eigenvalue weighted by atomic mass is 10.1. The third kappa shape index (κ3) is 3.19. The lowest BCUT2D eigenvalue weighted by Gasteiger charge is -2.11. The first-order chi connectivity index (χ1) is 12.6. The number of aromatic hydroxyl groups is 1. The van der Waals surface area contributed by atoms with Crippen molar-refractivity contribution in [1.82, 2.24) is 15.1 Å². The lowest BCUT2D eigenvalue weighted by molar-refractivity contribution is 0.391. The van der Waals surface area contributed by atoms with Crippen LogP contribution in [0.1, 0.15) is 11.5 Å². The van der Waals surface area contributed by atoms with Crippen LogP contribution in [0.25, 0.3) is 22.3 Å². The molecule has 0 saturated carbocycles. The van der Waals surface area contributed by atoms with Gasteiger partial charge in [0.2, 0.25) is 0 Å². The average Bonchev–Trinajstić information content (AvgIpc) is 3.05. The van der Waals surface area contributed by atoms with Gasteiger partial charge in [-0.15, -0.1) is 0 Å². The van der Waals surface area contributed by atoms with Gasteiger partial charge in [-0.2, -0.15) is 0 Å². The summed E-state index contributed by atoms with van der Waals surface area (Å²) in [5.74, 6) is 1.91. The fourth-order valence-corrected chi connectivity index (χ4v) is 2.86. The molecule has 4 aromatic rings. The van der Waals surface area contributed by atoms with E-state index in [2.05, 4.69) is 20.4 Å². The summed E-state index contributed by atoms with van der Waals surface area (Å²) < 4.78 is 5.09. The zero-order chi connectivity index (χ0) is 18.1. The van der Waals surface area contributed by atoms with E-state index >= 15 is 0 Å². The standard InChI is InChI=1S/C19H15ClN4O2/c1-11-8-13(24-26-11)10-21-18-14-7-6-12(20)9-16(14)22-19(23-18)15-4-2-3-5-17(15)25/h2-9,25H,10H2,1H3,(H,21,22,23). The summed E-state index contributed by atoms with van der Waals surface area (Å²) in [6, 6.07) is 14.2. The molecule has 0 fully saturated rings. The van der Waals surface area contributed by atoms with Crippen molar-refractivity contribution in [1.29, 1.82) is 0 Å². The van der Waals surface area contributed by atoms with Gasteiger partial charge in [-0.3, -0.25) is 0 Å². The number of phenolic OH excluding ortho intramolecular Hbond substituents is 1. The van der Waals surface area contributed by atoms with E-state index in [-0.39, 0.29) is 5.75 Å². The number of hydrogen-bond acceptors (Lipinski definition) is 6. The molecule has 0 amide bonds. The predicted molar refractivity (Wildman–Crippen MR) is 100 cm³/mol. The molecule has 6 nitrogen and oxygen atoms in total. The van der Waals surface area contributed by atoms with Crippen molar-refractivity contribution in [3.8, 4) is 17.1 Å². The minimum Gasteiger partial charge on any atom is -0.507 e. The Bertz CT molecular complexity index is 1090. The van der Waals surface area contributed by atoms with Crippen molar-refractivity contribution in [3.05, 3.63) is 65.0 Å². The monoisotopic (exact) mass is 366 g/mol. The zero-order valence-electron chi connectivity index (χ0n) is 13.9. The molecule has 0 unspecified atom stereocenters. The highest BCUT2D eigenvalue weighted by atomic mass is 35.5. The second-order valence-electron chi connectivity index (χ2n) is 5.86. The van der Waals surface area contributed by atoms with E-state index in [0.717, 1.165) is 16.8 Å². The number of anilines is 1. The van der Waals surface area contributed by atoms with Gasteiger partial charge in [-0.25, -0.2) is 9.97 Å². The molecule has 0 radical (unpaired) electrons. The van der Waals surface area contributed by atoms with Crippen LogP contribution in [-0.4, -0.2) is 20.2 Å². The minimum atomic E-state index is 0.118. The summed E-state index contributed by atoms with van der Waals surface area (Å²) >= 11 is 6.12. The number of hydrogen-bond donors (Lipinski definition) is 2. The first-order valence-electron chi connectivity index (χ1n) is 8.02. The first-order valence-corrected chi connectivity index (χ1v) is 8.40. The van der Waals surface area contributed by atoms with Gasteiger partial charge in [0.1, 0.15) is 23.0 Å². The Morgan fingerprint density at radius 1 is 1.12 bits per heavy atom. The molecule has 0 saturated heterocycles. The molecule has 2 aromatic heterocycles. The average molecular weight is 367 g/mol. The maximum atomic E-state index is 10.1. The smallest absolute Gasteiger partial charge is 0.165 e. The Morgan fingerprint density at radius 3 is 2.73 bits per heavy atom. The molecule has 0 atom stereocenters. The quantitative estimate of drug-likeness (QED) is 0.550. The maximum Gasteiger partial charge on any atom is 0.165 e. The maximum absolute atomic E-state index is 10.1. The van der Waals surface area contributed by atoms with E-state index in [0.29, 0.717) is 34.3 Å². The van der Waals surface area contributed by atoms with Crippen LogP contribution in [0.15, 0.2) is 53.1 Å². The first kappa shape index (κ1) is 16.4. The van der Waals surface area contributed by atoms with Gasteiger partial charge in [0.15, 0.2) is 5.82 Å². The highest BCUT2D eigenvalue weighted by Crippen LogP contribution is 2.31. The van der Waals surface area contributed by atoms with Crippen LogP contribution in [0, 0.1) is 6.92 Å². The number of halogens is 1. The molecule has 0 aliphatic carbocycles. The van der Waals surface area contributed by atoms with Crippen LogP contribution in [0.2, 0.25) is 5.02 Å². The molecule has 2 heterocycles. The van der Waals surface area contributed by atoms with Gasteiger partial charge >= 0.3 is 0 Å². The van der Waals surface area contributed by atoms with E-state index in [1.807, 2.05) is 25.1 Å². The normalized spacial score (nSPS) is 11.0. The fourth-order valence-electron chi connectivity index (χ4n) is 2.70. The van der Waals surface area contributed by atoms with Crippen molar-refractivity contribution >= 4 is 28.3 Å². The van der Waals surface area contributed by atoms with Crippen molar-refractivity contribution in [2.24, 2.45) is 0 Å². The van der Waals surface area contributed by atoms with Crippen LogP contribution in [0.4, 0.5) is 5.82 Å². The molecular formula is C19H15ClN4O2. The topological polar surface area (TPSA) is 84.1 Å². The van der Waals surface area contributed by atoms with E-state index in [4.69, 9.17) is 16.1 Å². The number of aromatic nitrogens is 3. The second kappa shape index (κ2) is 6.65. The molecule has 2 aromatic carbocycles. The Hall–Kier alpha value is -3.12. The van der Waals surface area contributed by atoms with Crippen LogP contribution >= 0.6 is 11.6 Å². The highest BCUT2D eigenvalue weighted by Gasteiger charge is 2.13. The SMILES string of the molecule is Cc1cc(CNc2nc(-c3ccccc3O)nc3cc(Cl)ccc23)no1. The van der Waals surface area contributed by atoms with Gasteiger partial charge in [0, 0.05) is 16.5 Å². The molecule has 7 heteroatoms. The van der Waals surface area contributed by atoms with Gasteiger partial charge in [-0.05, 0) is 37.3 Å². The van der Waals surface area contributed by atoms with Gasteiger partial charge in [0.05, 0.1) is 17.6 Å². The molecule has 0 bridgehead atoms. The Morgan fingerprint density at radius 2 is 1.96 bits per heavy atom. The summed E-state index contributed by atoms with van der Waals surface area (Å²) in [5.41, 5.74) is 2.01. The van der Waals surface area contributed by atoms with Crippen molar-refractivity contribution < 1.29 is 9.63 Å². The molecule has 130 valence electrons. The Balaban J connectivity index is 1.80. The van der Waals surface area contributed by atoms with Crippen molar-refractivity contribution in [2.75, 3.05) is 5.32 Å². The minimum absolute atomic E-state index is 0.118. The zero-order valence-corrected chi connectivity index (χ0v) is 14.7. The third-order valence-electron chi connectivity index (χ3n) is 3.92. The number of nitrogens with one attached hydrogen (secondary N) is 1. The fraction of sp³-hybridized carbons (Fsp3) is 0.105. The van der Waals surface area contributed by atoms with Crippen LogP contribution in [0.3, 0.4) is 0 Å². The molecule has 4 rings (SSSR count). The second-order valence-corrected chi connectivity index (χ2v) is 6.29. The van der Waals surface area contributed by atoms with Crippen LogP contribution in [0.5, 0.6) is 5.75 Å².